The summed E-state index contributed by atoms with van der Waals surface area (Å²) in [6, 6.07) is 4.77. The van der Waals surface area contributed by atoms with Crippen LogP contribution in [0.1, 0.15) is 24.5 Å². The van der Waals surface area contributed by atoms with Gasteiger partial charge in [-0.15, -0.1) is 0 Å². The Labute approximate surface area is 155 Å². The second-order valence-corrected chi connectivity index (χ2v) is 6.17. The van der Waals surface area contributed by atoms with E-state index in [-0.39, 0.29) is 16.3 Å². The second kappa shape index (κ2) is 7.33. The quantitative estimate of drug-likeness (QED) is 0.344. The van der Waals surface area contributed by atoms with Gasteiger partial charge in [0.05, 0.1) is 0 Å². The highest BCUT2D eigenvalue weighted by Gasteiger charge is 2.41. The lowest BCUT2D eigenvalue weighted by Gasteiger charge is -2.20. The first-order chi connectivity index (χ1) is 13.1. The van der Waals surface area contributed by atoms with Crippen LogP contribution in [0.15, 0.2) is 36.4 Å². The number of hydrogen-bond donors (Lipinski definition) is 0. The molecule has 28 heavy (non-hydrogen) atoms. The molecule has 8 heteroatoms. The van der Waals surface area contributed by atoms with E-state index in [0.29, 0.717) is 18.9 Å². The zero-order valence-electron chi connectivity index (χ0n) is 14.4. The molecule has 0 N–H and O–H groups in total. The molecule has 3 aromatic carbocycles. The molecule has 1 nitrogen and oxygen atoms in total. The minimum absolute atomic E-state index is 0.218. The Balaban J connectivity index is 1.99. The fraction of sp³-hybridized carbons (Fsp3) is 0.200. The zero-order chi connectivity index (χ0) is 20.6. The fourth-order valence-corrected chi connectivity index (χ4v) is 2.88. The molecule has 0 aliphatic heterocycles. The van der Waals surface area contributed by atoms with Crippen molar-refractivity contribution in [2.24, 2.45) is 0 Å². The van der Waals surface area contributed by atoms with Crippen molar-refractivity contribution in [1.29, 1.82) is 0 Å². The summed E-state index contributed by atoms with van der Waals surface area (Å²) in [5.41, 5.74) is -1.36. The highest BCUT2D eigenvalue weighted by molar-refractivity contribution is 5.84. The van der Waals surface area contributed by atoms with Crippen molar-refractivity contribution < 1.29 is 35.5 Å². The van der Waals surface area contributed by atoms with Gasteiger partial charge in [0.1, 0.15) is 22.9 Å². The molecule has 0 fully saturated rings. The van der Waals surface area contributed by atoms with Crippen LogP contribution in [0.5, 0.6) is 5.75 Å². The molecule has 0 amide bonds. The molecule has 0 spiro atoms. The number of benzene rings is 3. The first-order valence-corrected chi connectivity index (χ1v) is 8.26. The fourth-order valence-electron chi connectivity index (χ4n) is 2.88. The smallest absolute Gasteiger partial charge is 0.429 e. The molecule has 0 bridgehead atoms. The zero-order valence-corrected chi connectivity index (χ0v) is 14.4. The molecule has 148 valence electrons. The van der Waals surface area contributed by atoms with E-state index in [9.17, 15) is 30.7 Å². The van der Waals surface area contributed by atoms with E-state index in [1.807, 2.05) is 0 Å². The standard InChI is InChI=1S/C20H13F7O/c1-2-3-10-6-14(21)17(15(22)7-10)20(26,27)28-12-4-5-13-11(8-12)9-16(23)19(25)18(13)24/h4-9H,2-3H2,1H3. The molecule has 0 heterocycles. The average Bonchev–Trinajstić information content (AvgIpc) is 2.58. The molecule has 3 aromatic rings. The third kappa shape index (κ3) is 3.63. The number of alkyl halides is 2. The van der Waals surface area contributed by atoms with Gasteiger partial charge >= 0.3 is 6.11 Å². The normalized spacial score (nSPS) is 11.9. The average molecular weight is 402 g/mol. The van der Waals surface area contributed by atoms with E-state index >= 15 is 0 Å². The second-order valence-electron chi connectivity index (χ2n) is 6.17. The van der Waals surface area contributed by atoms with Gasteiger partial charge in [-0.05, 0) is 53.8 Å². The molecule has 0 saturated heterocycles. The van der Waals surface area contributed by atoms with Crippen molar-refractivity contribution in [2.45, 2.75) is 25.9 Å². The predicted octanol–water partition coefficient (Wildman–Crippen LogP) is 6.62. The lowest BCUT2D eigenvalue weighted by Crippen LogP contribution is -2.25. The van der Waals surface area contributed by atoms with Crippen molar-refractivity contribution in [3.05, 3.63) is 76.6 Å². The van der Waals surface area contributed by atoms with Crippen molar-refractivity contribution in [3.8, 4) is 5.75 Å². The maximum absolute atomic E-state index is 14.4. The summed E-state index contributed by atoms with van der Waals surface area (Å²) in [7, 11) is 0. The maximum atomic E-state index is 14.4. The topological polar surface area (TPSA) is 9.23 Å². The minimum Gasteiger partial charge on any atom is -0.429 e. The first-order valence-electron chi connectivity index (χ1n) is 8.26. The van der Waals surface area contributed by atoms with Gasteiger partial charge in [-0.3, -0.25) is 0 Å². The number of fused-ring (bicyclic) bond motifs is 1. The molecular weight excluding hydrogens is 389 g/mol. The van der Waals surface area contributed by atoms with E-state index < -0.39 is 46.5 Å². The Bertz CT molecular complexity index is 1020. The molecule has 0 aliphatic carbocycles. The van der Waals surface area contributed by atoms with Crippen LogP contribution in [-0.2, 0) is 12.5 Å². The summed E-state index contributed by atoms with van der Waals surface area (Å²) in [5, 5.41) is -0.625. The molecular formula is C20H13F7O. The maximum Gasteiger partial charge on any atom is 0.432 e. The summed E-state index contributed by atoms with van der Waals surface area (Å²) < 4.78 is 102. The Morgan fingerprint density at radius 1 is 0.821 bits per heavy atom. The van der Waals surface area contributed by atoms with Crippen molar-refractivity contribution >= 4 is 10.8 Å². The monoisotopic (exact) mass is 402 g/mol. The number of aryl methyl sites for hydroxylation is 1. The van der Waals surface area contributed by atoms with Crippen LogP contribution in [0, 0.1) is 29.1 Å². The third-order valence-corrected chi connectivity index (χ3v) is 4.12. The molecule has 3 rings (SSSR count). The van der Waals surface area contributed by atoms with Crippen LogP contribution in [0.4, 0.5) is 30.7 Å². The van der Waals surface area contributed by atoms with E-state index in [0.717, 1.165) is 30.3 Å². The van der Waals surface area contributed by atoms with Gasteiger partial charge in [0.2, 0.25) is 0 Å². The number of halogens is 7. The Morgan fingerprint density at radius 3 is 2.07 bits per heavy atom. The van der Waals surface area contributed by atoms with E-state index in [1.54, 1.807) is 6.92 Å². The summed E-state index contributed by atoms with van der Waals surface area (Å²) >= 11 is 0. The lowest BCUT2D eigenvalue weighted by atomic mass is 10.1. The summed E-state index contributed by atoms with van der Waals surface area (Å²) in [4.78, 5) is 0. The Morgan fingerprint density at radius 2 is 1.46 bits per heavy atom. The molecule has 0 saturated carbocycles. The largest absolute Gasteiger partial charge is 0.432 e. The van der Waals surface area contributed by atoms with Gasteiger partial charge in [0.25, 0.3) is 0 Å². The SMILES string of the molecule is CCCc1cc(F)c(C(F)(F)Oc2ccc3c(F)c(F)c(F)cc3c2)c(F)c1. The molecule has 0 aromatic heterocycles. The molecule has 0 unspecified atom stereocenters. The highest BCUT2D eigenvalue weighted by atomic mass is 19.3. The highest BCUT2D eigenvalue weighted by Crippen LogP contribution is 2.37. The van der Waals surface area contributed by atoms with Gasteiger partial charge in [0.15, 0.2) is 17.5 Å². The van der Waals surface area contributed by atoms with Gasteiger partial charge in [0, 0.05) is 5.39 Å². The Hall–Kier alpha value is -2.77. The molecule has 0 aliphatic rings. The van der Waals surface area contributed by atoms with Gasteiger partial charge in [-0.2, -0.15) is 8.78 Å². The Kier molecular flexibility index (Phi) is 5.23. The lowest BCUT2D eigenvalue weighted by molar-refractivity contribution is -0.189. The first kappa shape index (κ1) is 20.0. The van der Waals surface area contributed by atoms with Gasteiger partial charge in [-0.25, -0.2) is 22.0 Å². The summed E-state index contributed by atoms with van der Waals surface area (Å²) in [6.07, 6.45) is -3.53. The predicted molar refractivity (Wildman–Crippen MR) is 88.7 cm³/mol. The van der Waals surface area contributed by atoms with Crippen LogP contribution in [0.3, 0.4) is 0 Å². The third-order valence-electron chi connectivity index (χ3n) is 4.12. The van der Waals surface area contributed by atoms with Crippen molar-refractivity contribution in [1.82, 2.24) is 0 Å². The van der Waals surface area contributed by atoms with Gasteiger partial charge < -0.3 is 4.74 Å². The van der Waals surface area contributed by atoms with Gasteiger partial charge in [-0.1, -0.05) is 13.3 Å². The van der Waals surface area contributed by atoms with E-state index in [4.69, 9.17) is 0 Å². The minimum atomic E-state index is -4.40. The number of rotatable bonds is 5. The molecule has 0 atom stereocenters. The van der Waals surface area contributed by atoms with Crippen LogP contribution >= 0.6 is 0 Å². The number of hydrogen-bond acceptors (Lipinski definition) is 1. The van der Waals surface area contributed by atoms with Crippen LogP contribution in [-0.4, -0.2) is 0 Å². The summed E-state index contributed by atoms with van der Waals surface area (Å²) in [5.74, 6) is -8.28. The molecule has 0 radical (unpaired) electrons. The van der Waals surface area contributed by atoms with Crippen LogP contribution in [0.2, 0.25) is 0 Å². The number of ether oxygens (including phenoxy) is 1. The van der Waals surface area contributed by atoms with Crippen molar-refractivity contribution in [3.63, 3.8) is 0 Å². The van der Waals surface area contributed by atoms with Crippen molar-refractivity contribution in [2.75, 3.05) is 0 Å². The summed E-state index contributed by atoms with van der Waals surface area (Å²) in [6.45, 7) is 1.76. The van der Waals surface area contributed by atoms with Crippen LogP contribution < -0.4 is 4.74 Å². The van der Waals surface area contributed by atoms with Crippen LogP contribution in [0.25, 0.3) is 10.8 Å². The van der Waals surface area contributed by atoms with E-state index in [1.165, 1.54) is 0 Å². The van der Waals surface area contributed by atoms with E-state index in [2.05, 4.69) is 4.74 Å².